The zero-order valence-electron chi connectivity index (χ0n) is 21.9. The van der Waals surface area contributed by atoms with E-state index in [0.29, 0.717) is 12.2 Å². The first-order valence-electron chi connectivity index (χ1n) is 13.5. The Morgan fingerprint density at radius 3 is 1.92 bits per heavy atom. The molecule has 3 rings (SSSR count). The number of ether oxygens (including phenoxy) is 2. The summed E-state index contributed by atoms with van der Waals surface area (Å²) in [6.07, 6.45) is 15.1. The summed E-state index contributed by atoms with van der Waals surface area (Å²) in [5.74, 6) is 0.888. The van der Waals surface area contributed by atoms with Crippen molar-refractivity contribution in [1.29, 1.82) is 0 Å². The minimum atomic E-state index is 0.0108. The lowest BCUT2D eigenvalue weighted by molar-refractivity contribution is 0.104. The normalized spacial score (nSPS) is 11.0. The summed E-state index contributed by atoms with van der Waals surface area (Å²) in [6.45, 7) is 6.05. The third-order valence-electron chi connectivity index (χ3n) is 6.30. The number of hydrogen-bond donors (Lipinski definition) is 0. The Bertz CT molecular complexity index is 1070. The molecule has 37 heavy (non-hydrogen) atoms. The predicted molar refractivity (Wildman–Crippen MR) is 155 cm³/mol. The molecule has 3 heteroatoms. The third-order valence-corrected chi connectivity index (χ3v) is 6.30. The first-order chi connectivity index (χ1) is 18.2. The van der Waals surface area contributed by atoms with E-state index in [9.17, 15) is 4.79 Å². The van der Waals surface area contributed by atoms with E-state index < -0.39 is 0 Å². The topological polar surface area (TPSA) is 35.5 Å². The SMILES string of the molecule is C=Cc1ccc(COCCCCCCCCCCOc2ccc(C=CC(=O)c3ccccc3)cc2)cc1. The van der Waals surface area contributed by atoms with Gasteiger partial charge in [0, 0.05) is 12.2 Å². The Labute approximate surface area is 222 Å². The van der Waals surface area contributed by atoms with Crippen LogP contribution in [0.4, 0.5) is 0 Å². The van der Waals surface area contributed by atoms with Crippen LogP contribution in [-0.2, 0) is 11.3 Å². The van der Waals surface area contributed by atoms with Crippen molar-refractivity contribution >= 4 is 17.9 Å². The minimum absolute atomic E-state index is 0.0108. The van der Waals surface area contributed by atoms with Gasteiger partial charge in [-0.3, -0.25) is 4.79 Å². The number of carbonyl (C=O) groups is 1. The summed E-state index contributed by atoms with van der Waals surface area (Å²) >= 11 is 0. The predicted octanol–water partition coefficient (Wildman–Crippen LogP) is 8.94. The fourth-order valence-corrected chi connectivity index (χ4v) is 4.04. The quantitative estimate of drug-likeness (QED) is 0.100. The van der Waals surface area contributed by atoms with E-state index >= 15 is 0 Å². The molecule has 3 aromatic rings. The van der Waals surface area contributed by atoms with Crippen LogP contribution in [0.5, 0.6) is 5.75 Å². The molecule has 0 fully saturated rings. The van der Waals surface area contributed by atoms with Gasteiger partial charge < -0.3 is 9.47 Å². The van der Waals surface area contributed by atoms with Gasteiger partial charge in [-0.1, -0.05) is 124 Å². The lowest BCUT2D eigenvalue weighted by Gasteiger charge is -2.07. The Morgan fingerprint density at radius 1 is 0.676 bits per heavy atom. The maximum absolute atomic E-state index is 12.2. The Balaban J connectivity index is 1.14. The van der Waals surface area contributed by atoms with Crippen molar-refractivity contribution in [3.8, 4) is 5.75 Å². The molecular formula is C34H40O3. The third kappa shape index (κ3) is 11.4. The second kappa shape index (κ2) is 17.1. The molecule has 3 aromatic carbocycles. The Morgan fingerprint density at radius 2 is 1.27 bits per heavy atom. The molecule has 0 aliphatic carbocycles. The molecule has 0 atom stereocenters. The fraction of sp³-hybridized carbons (Fsp3) is 0.324. The summed E-state index contributed by atoms with van der Waals surface area (Å²) in [5, 5.41) is 0. The molecule has 0 radical (unpaired) electrons. The minimum Gasteiger partial charge on any atom is -0.494 e. The van der Waals surface area contributed by atoms with Crippen molar-refractivity contribution in [1.82, 2.24) is 0 Å². The molecule has 0 N–H and O–H groups in total. The molecule has 0 bridgehead atoms. The lowest BCUT2D eigenvalue weighted by atomic mass is 10.1. The maximum atomic E-state index is 12.2. The highest BCUT2D eigenvalue weighted by Crippen LogP contribution is 2.15. The second-order valence-electron chi connectivity index (χ2n) is 9.31. The summed E-state index contributed by atoms with van der Waals surface area (Å²) in [5.41, 5.74) is 4.05. The van der Waals surface area contributed by atoms with Crippen LogP contribution in [0.3, 0.4) is 0 Å². The maximum Gasteiger partial charge on any atom is 0.185 e. The highest BCUT2D eigenvalue weighted by molar-refractivity contribution is 6.06. The zero-order chi connectivity index (χ0) is 26.0. The van der Waals surface area contributed by atoms with Gasteiger partial charge in [-0.05, 0) is 47.7 Å². The summed E-state index contributed by atoms with van der Waals surface area (Å²) in [6, 6.07) is 25.6. The highest BCUT2D eigenvalue weighted by atomic mass is 16.5. The molecule has 0 aliphatic heterocycles. The number of hydrogen-bond acceptors (Lipinski definition) is 3. The van der Waals surface area contributed by atoms with Gasteiger partial charge in [0.2, 0.25) is 0 Å². The number of rotatable bonds is 18. The molecular weight excluding hydrogens is 456 g/mol. The standard InChI is InChI=1S/C34H40O3/c1-2-29-16-18-31(19-17-29)28-36-26-12-7-5-3-4-6-8-13-27-37-33-23-20-30(21-24-33)22-25-34(35)32-14-10-9-11-15-32/h2,9-11,14-25H,1,3-8,12-13,26-28H2. The van der Waals surface area contributed by atoms with E-state index in [4.69, 9.17) is 9.47 Å². The van der Waals surface area contributed by atoms with Gasteiger partial charge in [0.05, 0.1) is 13.2 Å². The van der Waals surface area contributed by atoms with Crippen LogP contribution in [-0.4, -0.2) is 19.0 Å². The van der Waals surface area contributed by atoms with Crippen LogP contribution >= 0.6 is 0 Å². The molecule has 0 aromatic heterocycles. The van der Waals surface area contributed by atoms with E-state index in [1.807, 2.05) is 66.7 Å². The first kappa shape index (κ1) is 28.1. The van der Waals surface area contributed by atoms with Crippen molar-refractivity contribution in [3.05, 3.63) is 114 Å². The van der Waals surface area contributed by atoms with Crippen molar-refractivity contribution in [3.63, 3.8) is 0 Å². The van der Waals surface area contributed by atoms with Crippen LogP contribution in [0.2, 0.25) is 0 Å². The van der Waals surface area contributed by atoms with E-state index in [2.05, 4.69) is 30.8 Å². The van der Waals surface area contributed by atoms with Crippen molar-refractivity contribution in [2.45, 2.75) is 58.0 Å². The number of allylic oxidation sites excluding steroid dienone is 1. The number of ketones is 1. The number of carbonyl (C=O) groups excluding carboxylic acids is 1. The first-order valence-corrected chi connectivity index (χ1v) is 13.5. The van der Waals surface area contributed by atoms with Gasteiger partial charge >= 0.3 is 0 Å². The molecule has 0 saturated carbocycles. The molecule has 0 aliphatic rings. The molecule has 0 heterocycles. The summed E-state index contributed by atoms with van der Waals surface area (Å²) in [7, 11) is 0. The average Bonchev–Trinajstić information content (AvgIpc) is 2.95. The molecule has 0 spiro atoms. The Hall–Kier alpha value is -3.43. The van der Waals surface area contributed by atoms with Crippen molar-refractivity contribution in [2.24, 2.45) is 0 Å². The molecule has 0 saturated heterocycles. The smallest absolute Gasteiger partial charge is 0.185 e. The average molecular weight is 497 g/mol. The van der Waals surface area contributed by atoms with Crippen LogP contribution in [0, 0.1) is 0 Å². The van der Waals surface area contributed by atoms with Gasteiger partial charge in [-0.2, -0.15) is 0 Å². The second-order valence-corrected chi connectivity index (χ2v) is 9.31. The van der Waals surface area contributed by atoms with Crippen molar-refractivity contribution < 1.29 is 14.3 Å². The van der Waals surface area contributed by atoms with E-state index in [1.165, 1.54) is 44.1 Å². The van der Waals surface area contributed by atoms with Gasteiger partial charge in [0.25, 0.3) is 0 Å². The number of benzene rings is 3. The Kier molecular flexibility index (Phi) is 13.0. The van der Waals surface area contributed by atoms with Gasteiger partial charge in [-0.25, -0.2) is 0 Å². The molecule has 194 valence electrons. The largest absolute Gasteiger partial charge is 0.494 e. The van der Waals surface area contributed by atoms with E-state index in [1.54, 1.807) is 6.08 Å². The molecule has 0 unspecified atom stereocenters. The van der Waals surface area contributed by atoms with Gasteiger partial charge in [0.1, 0.15) is 5.75 Å². The van der Waals surface area contributed by atoms with Crippen LogP contribution < -0.4 is 4.74 Å². The van der Waals surface area contributed by atoms with Gasteiger partial charge in [0.15, 0.2) is 5.78 Å². The van der Waals surface area contributed by atoms with E-state index in [-0.39, 0.29) is 5.78 Å². The van der Waals surface area contributed by atoms with Crippen LogP contribution in [0.15, 0.2) is 91.5 Å². The monoisotopic (exact) mass is 496 g/mol. The molecule has 3 nitrogen and oxygen atoms in total. The van der Waals surface area contributed by atoms with Crippen LogP contribution in [0.25, 0.3) is 12.2 Å². The zero-order valence-corrected chi connectivity index (χ0v) is 21.9. The van der Waals surface area contributed by atoms with Gasteiger partial charge in [-0.15, -0.1) is 0 Å². The van der Waals surface area contributed by atoms with E-state index in [0.717, 1.165) is 42.9 Å². The number of unbranched alkanes of at least 4 members (excludes halogenated alkanes) is 7. The van der Waals surface area contributed by atoms with Crippen LogP contribution in [0.1, 0.15) is 78.4 Å². The highest BCUT2D eigenvalue weighted by Gasteiger charge is 2.00. The molecule has 0 amide bonds. The summed E-state index contributed by atoms with van der Waals surface area (Å²) in [4.78, 5) is 12.2. The lowest BCUT2D eigenvalue weighted by Crippen LogP contribution is -1.97. The van der Waals surface area contributed by atoms with Crippen molar-refractivity contribution in [2.75, 3.05) is 13.2 Å². The summed E-state index contributed by atoms with van der Waals surface area (Å²) < 4.78 is 11.7. The fourth-order valence-electron chi connectivity index (χ4n) is 4.04.